The Morgan fingerprint density at radius 2 is 1.26 bits per heavy atom. The van der Waals surface area contributed by atoms with Crippen LogP contribution < -0.4 is 0 Å². The van der Waals surface area contributed by atoms with Crippen molar-refractivity contribution in [2.45, 2.75) is 0 Å². The van der Waals surface area contributed by atoms with Crippen LogP contribution >= 0.6 is 0 Å². The van der Waals surface area contributed by atoms with Crippen molar-refractivity contribution in [1.29, 1.82) is 0 Å². The van der Waals surface area contributed by atoms with E-state index in [1.807, 2.05) is 18.3 Å². The monoisotopic (exact) mass is 537 g/mol. The average molecular weight is 538 g/mol. The Hall–Kier alpha value is -5.74. The lowest BCUT2D eigenvalue weighted by atomic mass is 10.0. The summed E-state index contributed by atoms with van der Waals surface area (Å²) in [7, 11) is 0. The molecule has 4 heteroatoms. The summed E-state index contributed by atoms with van der Waals surface area (Å²) < 4.78 is 8.87. The van der Waals surface area contributed by atoms with Crippen molar-refractivity contribution in [1.82, 2.24) is 14.4 Å². The Kier molecular flexibility index (Phi) is 4.87. The molecule has 0 aliphatic rings. The fourth-order valence-electron chi connectivity index (χ4n) is 6.22. The third kappa shape index (κ3) is 3.42. The van der Waals surface area contributed by atoms with Crippen molar-refractivity contribution in [3.8, 4) is 33.5 Å². The fourth-order valence-corrected chi connectivity index (χ4v) is 6.22. The van der Waals surface area contributed by atoms with Gasteiger partial charge in [-0.15, -0.1) is 0 Å². The van der Waals surface area contributed by atoms with E-state index in [0.717, 1.165) is 72.1 Å². The molecule has 4 aromatic heterocycles. The Bertz CT molecular complexity index is 2450. The first-order valence-electron chi connectivity index (χ1n) is 14.1. The van der Waals surface area contributed by atoms with E-state index in [9.17, 15) is 0 Å². The number of oxazole rings is 1. The third-order valence-corrected chi connectivity index (χ3v) is 8.25. The fraction of sp³-hybridized carbons (Fsp3) is 0. The standard InChI is InChI=1S/C38H23N3O/c1-2-7-24(8-3-1)29-19-21-33-34(23-29)42-38-35(30-10-4-5-11-32(30)41(33)38)26-14-12-25(13-15-26)31-20-18-28-17-16-27-9-6-22-39-36(27)37(28)40-31/h1-23H. The van der Waals surface area contributed by atoms with Crippen LogP contribution in [0.5, 0.6) is 0 Å². The van der Waals surface area contributed by atoms with Gasteiger partial charge in [-0.1, -0.05) is 103 Å². The Morgan fingerprint density at radius 1 is 0.524 bits per heavy atom. The van der Waals surface area contributed by atoms with Gasteiger partial charge in [-0.25, -0.2) is 4.98 Å². The number of nitrogens with zero attached hydrogens (tertiary/aromatic N) is 3. The predicted octanol–water partition coefficient (Wildman–Crippen LogP) is 9.94. The molecule has 4 nitrogen and oxygen atoms in total. The maximum Gasteiger partial charge on any atom is 0.213 e. The van der Waals surface area contributed by atoms with Gasteiger partial charge in [0.15, 0.2) is 5.58 Å². The van der Waals surface area contributed by atoms with E-state index in [-0.39, 0.29) is 0 Å². The van der Waals surface area contributed by atoms with Gasteiger partial charge in [0.2, 0.25) is 5.71 Å². The number of aromatic nitrogens is 3. The zero-order valence-corrected chi connectivity index (χ0v) is 22.5. The van der Waals surface area contributed by atoms with Crippen molar-refractivity contribution in [3.63, 3.8) is 0 Å². The summed E-state index contributed by atoms with van der Waals surface area (Å²) in [5.41, 5.74) is 12.3. The van der Waals surface area contributed by atoms with E-state index < -0.39 is 0 Å². The van der Waals surface area contributed by atoms with Gasteiger partial charge in [-0.05, 0) is 47.0 Å². The summed E-state index contributed by atoms with van der Waals surface area (Å²) in [4.78, 5) is 9.66. The highest BCUT2D eigenvalue weighted by Gasteiger charge is 2.20. The molecule has 42 heavy (non-hydrogen) atoms. The topological polar surface area (TPSA) is 43.3 Å². The van der Waals surface area contributed by atoms with Crippen molar-refractivity contribution in [3.05, 3.63) is 140 Å². The zero-order valence-electron chi connectivity index (χ0n) is 22.5. The Balaban J connectivity index is 1.19. The first kappa shape index (κ1) is 23.0. The van der Waals surface area contributed by atoms with Gasteiger partial charge in [-0.3, -0.25) is 9.38 Å². The highest BCUT2D eigenvalue weighted by molar-refractivity contribution is 6.07. The van der Waals surface area contributed by atoms with Crippen LogP contribution in [0.4, 0.5) is 0 Å². The molecule has 0 radical (unpaired) electrons. The van der Waals surface area contributed by atoms with E-state index in [1.54, 1.807) is 0 Å². The first-order valence-corrected chi connectivity index (χ1v) is 14.1. The molecule has 0 fully saturated rings. The quantitative estimate of drug-likeness (QED) is 0.211. The van der Waals surface area contributed by atoms with Gasteiger partial charge in [0.05, 0.1) is 33.3 Å². The second-order valence-electron chi connectivity index (χ2n) is 10.7. The van der Waals surface area contributed by atoms with Crippen LogP contribution in [-0.2, 0) is 0 Å². The first-order chi connectivity index (χ1) is 20.8. The van der Waals surface area contributed by atoms with Gasteiger partial charge in [0.25, 0.3) is 0 Å². The van der Waals surface area contributed by atoms with Gasteiger partial charge >= 0.3 is 0 Å². The lowest BCUT2D eigenvalue weighted by molar-refractivity contribution is 0.658. The molecule has 0 amide bonds. The molecule has 0 spiro atoms. The minimum Gasteiger partial charge on any atom is -0.438 e. The summed E-state index contributed by atoms with van der Waals surface area (Å²) in [5, 5.41) is 3.35. The number of benzene rings is 5. The molecule has 9 rings (SSSR count). The van der Waals surface area contributed by atoms with Crippen LogP contribution in [0.3, 0.4) is 0 Å². The van der Waals surface area contributed by atoms with Crippen LogP contribution in [0.25, 0.3) is 83.0 Å². The highest BCUT2D eigenvalue weighted by atomic mass is 16.3. The second kappa shape index (κ2) is 8.88. The number of fused-ring (bicyclic) bond motifs is 8. The molecular formula is C38H23N3O. The summed E-state index contributed by atoms with van der Waals surface area (Å²) in [6, 6.07) is 46.5. The minimum atomic E-state index is 0.852. The molecule has 4 heterocycles. The molecule has 0 N–H and O–H groups in total. The molecule has 0 aliphatic carbocycles. The van der Waals surface area contributed by atoms with Gasteiger partial charge in [-0.2, -0.15) is 0 Å². The van der Waals surface area contributed by atoms with Gasteiger partial charge in [0.1, 0.15) is 0 Å². The predicted molar refractivity (Wildman–Crippen MR) is 172 cm³/mol. The molecule has 0 unspecified atom stereocenters. The van der Waals surface area contributed by atoms with Crippen LogP contribution in [0.1, 0.15) is 0 Å². The SMILES string of the molecule is c1ccc(-c2ccc3c(c2)oc2c(-c4ccc(-c5ccc6ccc7cccnc7c6n5)cc4)c4ccccc4n23)cc1. The maximum atomic E-state index is 6.63. The normalized spacial score (nSPS) is 11.8. The van der Waals surface area contributed by atoms with Gasteiger partial charge in [0, 0.05) is 27.9 Å². The molecule has 0 saturated heterocycles. The summed E-state index contributed by atoms with van der Waals surface area (Å²) >= 11 is 0. The van der Waals surface area contributed by atoms with Crippen molar-refractivity contribution < 1.29 is 4.42 Å². The lowest BCUT2D eigenvalue weighted by Crippen LogP contribution is -1.88. The number of hydrogen-bond acceptors (Lipinski definition) is 3. The van der Waals surface area contributed by atoms with E-state index in [2.05, 4.69) is 131 Å². The molecule has 5 aromatic carbocycles. The largest absolute Gasteiger partial charge is 0.438 e. The lowest BCUT2D eigenvalue weighted by Gasteiger charge is -2.07. The molecule has 0 aliphatic heterocycles. The maximum absolute atomic E-state index is 6.63. The molecule has 196 valence electrons. The van der Waals surface area contributed by atoms with Gasteiger partial charge < -0.3 is 4.42 Å². The van der Waals surface area contributed by atoms with Crippen LogP contribution in [-0.4, -0.2) is 14.4 Å². The average Bonchev–Trinajstić information content (AvgIpc) is 3.59. The summed E-state index contributed by atoms with van der Waals surface area (Å²) in [6.07, 6.45) is 1.83. The number of hydrogen-bond donors (Lipinski definition) is 0. The molecular weight excluding hydrogens is 514 g/mol. The molecule has 0 bridgehead atoms. The van der Waals surface area contributed by atoms with Crippen LogP contribution in [0.15, 0.2) is 144 Å². The van der Waals surface area contributed by atoms with E-state index in [1.165, 1.54) is 10.9 Å². The number of pyridine rings is 2. The summed E-state index contributed by atoms with van der Waals surface area (Å²) in [5.74, 6) is 0. The van der Waals surface area contributed by atoms with Crippen molar-refractivity contribution >= 4 is 49.5 Å². The zero-order chi connectivity index (χ0) is 27.6. The number of rotatable bonds is 3. The molecule has 0 saturated carbocycles. The smallest absolute Gasteiger partial charge is 0.213 e. The molecule has 9 aromatic rings. The summed E-state index contributed by atoms with van der Waals surface area (Å²) in [6.45, 7) is 0. The van der Waals surface area contributed by atoms with E-state index >= 15 is 0 Å². The van der Waals surface area contributed by atoms with E-state index in [0.29, 0.717) is 0 Å². The van der Waals surface area contributed by atoms with Crippen LogP contribution in [0.2, 0.25) is 0 Å². The van der Waals surface area contributed by atoms with E-state index in [4.69, 9.17) is 9.40 Å². The van der Waals surface area contributed by atoms with Crippen molar-refractivity contribution in [2.75, 3.05) is 0 Å². The number of para-hydroxylation sites is 1. The van der Waals surface area contributed by atoms with Crippen LogP contribution in [0, 0.1) is 0 Å². The minimum absolute atomic E-state index is 0.852. The van der Waals surface area contributed by atoms with Crippen molar-refractivity contribution in [2.24, 2.45) is 0 Å². The second-order valence-corrected chi connectivity index (χ2v) is 10.7. The third-order valence-electron chi connectivity index (χ3n) is 8.25. The Morgan fingerprint density at radius 3 is 2.14 bits per heavy atom. The molecule has 0 atom stereocenters. The highest BCUT2D eigenvalue weighted by Crippen LogP contribution is 2.40. The Labute approximate surface area is 241 Å².